The van der Waals surface area contributed by atoms with E-state index in [4.69, 9.17) is 5.73 Å². The first-order chi connectivity index (χ1) is 6.61. The average Bonchev–Trinajstić information content (AvgIpc) is 2.45. The van der Waals surface area contributed by atoms with Crippen molar-refractivity contribution in [1.29, 1.82) is 0 Å². The largest absolute Gasteiger partial charge is 0.322 e. The van der Waals surface area contributed by atoms with E-state index in [1.54, 1.807) is 0 Å². The Bertz CT molecular complexity index is 473. The molecular formula is C10H12BrN3. The Hall–Kier alpha value is -0.870. The molecule has 14 heavy (non-hydrogen) atoms. The van der Waals surface area contributed by atoms with Crippen LogP contribution >= 0.6 is 15.9 Å². The number of nitrogens with two attached hydrogens (primary N) is 1. The van der Waals surface area contributed by atoms with E-state index < -0.39 is 0 Å². The lowest BCUT2D eigenvalue weighted by Crippen LogP contribution is -2.09. The van der Waals surface area contributed by atoms with Gasteiger partial charge in [-0.2, -0.15) is 0 Å². The van der Waals surface area contributed by atoms with Gasteiger partial charge < -0.3 is 10.1 Å². The SMILES string of the molecule is Cc1nc(C(C)N)n2cccc(Br)c12. The molecule has 0 saturated carbocycles. The number of fused-ring (bicyclic) bond motifs is 1. The third-order valence-corrected chi connectivity index (χ3v) is 2.86. The molecule has 0 saturated heterocycles. The van der Waals surface area contributed by atoms with Crippen LogP contribution in [0.5, 0.6) is 0 Å². The monoisotopic (exact) mass is 253 g/mol. The number of hydrogen-bond acceptors (Lipinski definition) is 2. The molecule has 0 aliphatic rings. The van der Waals surface area contributed by atoms with E-state index in [1.807, 2.05) is 36.6 Å². The van der Waals surface area contributed by atoms with Gasteiger partial charge >= 0.3 is 0 Å². The number of aromatic nitrogens is 2. The fraction of sp³-hybridized carbons (Fsp3) is 0.300. The second kappa shape index (κ2) is 3.37. The van der Waals surface area contributed by atoms with Crippen LogP contribution < -0.4 is 5.73 Å². The molecule has 0 aliphatic carbocycles. The van der Waals surface area contributed by atoms with Crippen molar-refractivity contribution in [2.24, 2.45) is 5.73 Å². The number of aryl methyl sites for hydroxylation is 1. The Labute approximate surface area is 91.1 Å². The highest BCUT2D eigenvalue weighted by Crippen LogP contribution is 2.23. The lowest BCUT2D eigenvalue weighted by molar-refractivity contribution is 0.734. The van der Waals surface area contributed by atoms with Crippen LogP contribution in [0.1, 0.15) is 24.5 Å². The highest BCUT2D eigenvalue weighted by Gasteiger charge is 2.12. The molecule has 2 N–H and O–H groups in total. The van der Waals surface area contributed by atoms with Crippen LogP contribution in [0.25, 0.3) is 5.52 Å². The predicted molar refractivity (Wildman–Crippen MR) is 60.2 cm³/mol. The molecule has 0 bridgehead atoms. The summed E-state index contributed by atoms with van der Waals surface area (Å²) in [6.07, 6.45) is 1.98. The molecular weight excluding hydrogens is 242 g/mol. The van der Waals surface area contributed by atoms with Gasteiger partial charge in [0, 0.05) is 10.7 Å². The van der Waals surface area contributed by atoms with E-state index in [2.05, 4.69) is 20.9 Å². The second-order valence-corrected chi connectivity index (χ2v) is 4.27. The summed E-state index contributed by atoms with van der Waals surface area (Å²) in [7, 11) is 0. The highest BCUT2D eigenvalue weighted by molar-refractivity contribution is 9.10. The van der Waals surface area contributed by atoms with Crippen LogP contribution in [0.3, 0.4) is 0 Å². The number of nitrogens with zero attached hydrogens (tertiary/aromatic N) is 2. The van der Waals surface area contributed by atoms with Crippen molar-refractivity contribution >= 4 is 21.4 Å². The van der Waals surface area contributed by atoms with Crippen LogP contribution in [-0.2, 0) is 0 Å². The molecule has 3 nitrogen and oxygen atoms in total. The quantitative estimate of drug-likeness (QED) is 0.849. The summed E-state index contributed by atoms with van der Waals surface area (Å²) in [5.74, 6) is 0.902. The van der Waals surface area contributed by atoms with E-state index in [9.17, 15) is 0 Å². The second-order valence-electron chi connectivity index (χ2n) is 3.42. The molecule has 0 fully saturated rings. The smallest absolute Gasteiger partial charge is 0.130 e. The summed E-state index contributed by atoms with van der Waals surface area (Å²) < 4.78 is 3.08. The molecule has 2 aromatic rings. The summed E-state index contributed by atoms with van der Waals surface area (Å²) in [4.78, 5) is 4.46. The first-order valence-corrected chi connectivity index (χ1v) is 5.29. The molecule has 2 heterocycles. The van der Waals surface area contributed by atoms with Gasteiger partial charge in [0.2, 0.25) is 0 Å². The number of rotatable bonds is 1. The Balaban J connectivity index is 2.84. The third kappa shape index (κ3) is 1.35. The minimum Gasteiger partial charge on any atom is -0.322 e. The number of pyridine rings is 1. The Morgan fingerprint density at radius 2 is 2.29 bits per heavy atom. The zero-order valence-corrected chi connectivity index (χ0v) is 9.75. The number of hydrogen-bond donors (Lipinski definition) is 1. The molecule has 74 valence electrons. The molecule has 1 atom stereocenters. The fourth-order valence-corrected chi connectivity index (χ4v) is 2.25. The minimum absolute atomic E-state index is 0.0505. The highest BCUT2D eigenvalue weighted by atomic mass is 79.9. The molecule has 1 unspecified atom stereocenters. The van der Waals surface area contributed by atoms with Crippen molar-refractivity contribution in [2.75, 3.05) is 0 Å². The molecule has 0 amide bonds. The van der Waals surface area contributed by atoms with Crippen molar-refractivity contribution in [3.05, 3.63) is 34.3 Å². The molecule has 2 rings (SSSR count). The van der Waals surface area contributed by atoms with E-state index >= 15 is 0 Å². The van der Waals surface area contributed by atoms with Gasteiger partial charge in [0.05, 0.1) is 17.3 Å². The number of halogens is 1. The maximum Gasteiger partial charge on any atom is 0.130 e. The van der Waals surface area contributed by atoms with Gasteiger partial charge in [-0.25, -0.2) is 4.98 Å². The summed E-state index contributed by atoms with van der Waals surface area (Å²) in [6.45, 7) is 3.93. The maximum atomic E-state index is 5.84. The van der Waals surface area contributed by atoms with Crippen LogP contribution in [-0.4, -0.2) is 9.38 Å². The topological polar surface area (TPSA) is 43.3 Å². The van der Waals surface area contributed by atoms with Crippen molar-refractivity contribution in [2.45, 2.75) is 19.9 Å². The molecule has 0 radical (unpaired) electrons. The van der Waals surface area contributed by atoms with Crippen LogP contribution in [0.2, 0.25) is 0 Å². The Kier molecular flexibility index (Phi) is 2.33. The molecule has 0 spiro atoms. The minimum atomic E-state index is -0.0505. The Morgan fingerprint density at radius 3 is 2.93 bits per heavy atom. The zero-order chi connectivity index (χ0) is 10.3. The van der Waals surface area contributed by atoms with Gasteiger partial charge in [0.1, 0.15) is 5.82 Å². The van der Waals surface area contributed by atoms with Crippen LogP contribution in [0, 0.1) is 6.92 Å². The van der Waals surface area contributed by atoms with Gasteiger partial charge in [-0.1, -0.05) is 0 Å². The van der Waals surface area contributed by atoms with Gasteiger partial charge in [-0.15, -0.1) is 0 Å². The van der Waals surface area contributed by atoms with Crippen molar-refractivity contribution in [3.8, 4) is 0 Å². The van der Waals surface area contributed by atoms with E-state index in [0.29, 0.717) is 0 Å². The van der Waals surface area contributed by atoms with E-state index in [-0.39, 0.29) is 6.04 Å². The summed E-state index contributed by atoms with van der Waals surface area (Å²) in [5.41, 5.74) is 7.95. The first kappa shape index (κ1) is 9.68. The van der Waals surface area contributed by atoms with Crippen molar-refractivity contribution in [3.63, 3.8) is 0 Å². The van der Waals surface area contributed by atoms with Crippen molar-refractivity contribution in [1.82, 2.24) is 9.38 Å². The van der Waals surface area contributed by atoms with Crippen LogP contribution in [0.4, 0.5) is 0 Å². The van der Waals surface area contributed by atoms with Gasteiger partial charge in [0.25, 0.3) is 0 Å². The molecule has 2 aromatic heterocycles. The van der Waals surface area contributed by atoms with Crippen molar-refractivity contribution < 1.29 is 0 Å². The number of imidazole rings is 1. The van der Waals surface area contributed by atoms with Gasteiger partial charge in [-0.05, 0) is 41.9 Å². The Morgan fingerprint density at radius 1 is 1.57 bits per heavy atom. The summed E-state index contributed by atoms with van der Waals surface area (Å²) in [5, 5.41) is 0. The zero-order valence-electron chi connectivity index (χ0n) is 8.16. The van der Waals surface area contributed by atoms with Gasteiger partial charge in [-0.3, -0.25) is 0 Å². The summed E-state index contributed by atoms with van der Waals surface area (Å²) >= 11 is 3.51. The lowest BCUT2D eigenvalue weighted by Gasteiger charge is -2.04. The first-order valence-electron chi connectivity index (χ1n) is 4.50. The molecule has 0 aromatic carbocycles. The third-order valence-electron chi connectivity index (χ3n) is 2.22. The molecule has 0 aliphatic heterocycles. The maximum absolute atomic E-state index is 5.84. The summed E-state index contributed by atoms with van der Waals surface area (Å²) in [6, 6.07) is 3.93. The predicted octanol–water partition coefficient (Wildman–Crippen LogP) is 2.42. The average molecular weight is 254 g/mol. The van der Waals surface area contributed by atoms with Crippen LogP contribution in [0.15, 0.2) is 22.8 Å². The standard InChI is InChI=1S/C10H12BrN3/c1-6(12)10-13-7(2)9-8(11)4-3-5-14(9)10/h3-6H,12H2,1-2H3. The normalized spacial score (nSPS) is 13.4. The fourth-order valence-electron chi connectivity index (χ4n) is 1.62. The van der Waals surface area contributed by atoms with E-state index in [0.717, 1.165) is 21.5 Å². The molecule has 4 heteroatoms. The van der Waals surface area contributed by atoms with Gasteiger partial charge in [0.15, 0.2) is 0 Å². The lowest BCUT2D eigenvalue weighted by atomic mass is 10.3. The van der Waals surface area contributed by atoms with E-state index in [1.165, 1.54) is 0 Å².